The van der Waals surface area contributed by atoms with Crippen LogP contribution in [0.2, 0.25) is 0 Å². The zero-order valence-corrected chi connectivity index (χ0v) is 14.9. The highest BCUT2D eigenvalue weighted by Gasteiger charge is 2.61. The molecule has 0 radical (unpaired) electrons. The molecule has 2 rings (SSSR count). The van der Waals surface area contributed by atoms with E-state index in [2.05, 4.69) is 6.07 Å². The number of ether oxygens (including phenoxy) is 2. The van der Waals surface area contributed by atoms with Crippen molar-refractivity contribution in [2.75, 3.05) is 13.2 Å². The summed E-state index contributed by atoms with van der Waals surface area (Å²) >= 11 is 0. The van der Waals surface area contributed by atoms with Crippen LogP contribution in [0.25, 0.3) is 0 Å². The Bertz CT molecular complexity index is 468. The first-order valence-corrected chi connectivity index (χ1v) is 9.36. The number of esters is 2. The molecule has 1 unspecified atom stereocenters. The van der Waals surface area contributed by atoms with Gasteiger partial charge in [0.2, 0.25) is 0 Å². The molecule has 5 nitrogen and oxygen atoms in total. The highest BCUT2D eigenvalue weighted by Crippen LogP contribution is 2.55. The second-order valence-corrected chi connectivity index (χ2v) is 6.93. The van der Waals surface area contributed by atoms with Gasteiger partial charge in [-0.25, -0.2) is 0 Å². The zero-order chi connectivity index (χ0) is 17.6. The van der Waals surface area contributed by atoms with Crippen molar-refractivity contribution in [2.24, 2.45) is 23.2 Å². The van der Waals surface area contributed by atoms with Gasteiger partial charge < -0.3 is 9.47 Å². The predicted octanol–water partition coefficient (Wildman–Crippen LogP) is 3.62. The lowest BCUT2D eigenvalue weighted by Gasteiger charge is -2.43. The molecule has 24 heavy (non-hydrogen) atoms. The Balaban J connectivity index is 2.52. The summed E-state index contributed by atoms with van der Waals surface area (Å²) in [6.45, 7) is 3.98. The largest absolute Gasteiger partial charge is 0.466 e. The Morgan fingerprint density at radius 1 is 1.00 bits per heavy atom. The molecule has 0 aromatic carbocycles. The van der Waals surface area contributed by atoms with Gasteiger partial charge in [0.15, 0.2) is 5.92 Å². The summed E-state index contributed by atoms with van der Waals surface area (Å²) in [6, 6.07) is 2.15. The lowest BCUT2D eigenvalue weighted by Crippen LogP contribution is -2.52. The quantitative estimate of drug-likeness (QED) is 0.664. The van der Waals surface area contributed by atoms with E-state index in [0.717, 1.165) is 51.4 Å². The molecule has 134 valence electrons. The van der Waals surface area contributed by atoms with Crippen LogP contribution in [0.1, 0.15) is 65.2 Å². The molecule has 0 spiro atoms. The molecule has 5 heteroatoms. The van der Waals surface area contributed by atoms with Gasteiger partial charge in [0.1, 0.15) is 5.41 Å². The molecular weight excluding hydrogens is 306 g/mol. The smallest absolute Gasteiger partial charge is 0.324 e. The molecule has 0 saturated heterocycles. The molecule has 1 atom stereocenters. The number of carbonyl (C=O) groups excluding carboxylic acids is 2. The summed E-state index contributed by atoms with van der Waals surface area (Å²) in [5.74, 6) is -1.92. The minimum atomic E-state index is -1.07. The standard InChI is InChI=1S/C19H29NO4/c1-3-23-17(21)16(13-20)19(18(22)24-4-2,14-9-5-6-10-14)15-11-7-8-12-15/h14-16H,3-12H2,1-2H3. The molecule has 0 amide bonds. The van der Waals surface area contributed by atoms with Crippen LogP contribution >= 0.6 is 0 Å². The normalized spacial score (nSPS) is 20.5. The van der Waals surface area contributed by atoms with Gasteiger partial charge in [-0.3, -0.25) is 9.59 Å². The molecule has 2 aliphatic carbocycles. The third-order valence-electron chi connectivity index (χ3n) is 5.82. The SMILES string of the molecule is CCOC(=O)C(C#N)C(C(=O)OCC)(C1CCCC1)C1CCCC1. The lowest BCUT2D eigenvalue weighted by molar-refractivity contribution is -0.177. The Labute approximate surface area is 144 Å². The summed E-state index contributed by atoms with van der Waals surface area (Å²) in [4.78, 5) is 25.8. The maximum absolute atomic E-state index is 13.2. The fourth-order valence-electron chi connectivity index (χ4n) is 4.90. The highest BCUT2D eigenvalue weighted by atomic mass is 16.5. The second-order valence-electron chi connectivity index (χ2n) is 6.93. The van der Waals surface area contributed by atoms with Crippen LogP contribution < -0.4 is 0 Å². The van der Waals surface area contributed by atoms with E-state index in [-0.39, 0.29) is 31.0 Å². The monoisotopic (exact) mass is 335 g/mol. The van der Waals surface area contributed by atoms with Gasteiger partial charge in [-0.2, -0.15) is 5.26 Å². The molecule has 2 aliphatic rings. The van der Waals surface area contributed by atoms with E-state index < -0.39 is 17.3 Å². The van der Waals surface area contributed by atoms with Crippen molar-refractivity contribution in [3.8, 4) is 6.07 Å². The fourth-order valence-corrected chi connectivity index (χ4v) is 4.90. The second kappa shape index (κ2) is 8.50. The molecule has 0 aromatic rings. The summed E-state index contributed by atoms with van der Waals surface area (Å²) in [5, 5.41) is 9.84. The summed E-state index contributed by atoms with van der Waals surface area (Å²) < 4.78 is 10.6. The van der Waals surface area contributed by atoms with Crippen molar-refractivity contribution in [2.45, 2.75) is 65.2 Å². The van der Waals surface area contributed by atoms with E-state index in [1.807, 2.05) is 0 Å². The number of hydrogen-bond donors (Lipinski definition) is 0. The van der Waals surface area contributed by atoms with Crippen molar-refractivity contribution >= 4 is 11.9 Å². The maximum Gasteiger partial charge on any atom is 0.324 e. The van der Waals surface area contributed by atoms with Gasteiger partial charge in [-0.05, 0) is 51.4 Å². The van der Waals surface area contributed by atoms with Gasteiger partial charge in [0, 0.05) is 0 Å². The summed E-state index contributed by atoms with van der Waals surface area (Å²) in [7, 11) is 0. The topological polar surface area (TPSA) is 76.4 Å². The summed E-state index contributed by atoms with van der Waals surface area (Å²) in [6.07, 6.45) is 7.69. The number of rotatable bonds is 7. The molecule has 2 saturated carbocycles. The van der Waals surface area contributed by atoms with Crippen LogP contribution in [0.3, 0.4) is 0 Å². The maximum atomic E-state index is 13.2. The van der Waals surface area contributed by atoms with Crippen molar-refractivity contribution in [1.29, 1.82) is 5.26 Å². The minimum Gasteiger partial charge on any atom is -0.466 e. The minimum absolute atomic E-state index is 0.0358. The first-order valence-electron chi connectivity index (χ1n) is 9.36. The first-order chi connectivity index (χ1) is 11.6. The first kappa shape index (κ1) is 18.8. The van der Waals surface area contributed by atoms with E-state index >= 15 is 0 Å². The molecule has 2 fully saturated rings. The van der Waals surface area contributed by atoms with Gasteiger partial charge in [0.05, 0.1) is 19.3 Å². The van der Waals surface area contributed by atoms with Crippen molar-refractivity contribution in [3.05, 3.63) is 0 Å². The highest BCUT2D eigenvalue weighted by molar-refractivity contribution is 5.88. The van der Waals surface area contributed by atoms with Crippen LogP contribution in [-0.2, 0) is 19.1 Å². The predicted molar refractivity (Wildman–Crippen MR) is 88.7 cm³/mol. The Morgan fingerprint density at radius 3 is 1.83 bits per heavy atom. The zero-order valence-electron chi connectivity index (χ0n) is 14.9. The van der Waals surface area contributed by atoms with Crippen LogP contribution in [-0.4, -0.2) is 25.2 Å². The molecule has 0 aromatic heterocycles. The van der Waals surface area contributed by atoms with Crippen LogP contribution in [0.15, 0.2) is 0 Å². The van der Waals surface area contributed by atoms with Crippen LogP contribution in [0.5, 0.6) is 0 Å². The van der Waals surface area contributed by atoms with Gasteiger partial charge in [0.25, 0.3) is 0 Å². The third kappa shape index (κ3) is 3.29. The van der Waals surface area contributed by atoms with E-state index in [1.54, 1.807) is 13.8 Å². The number of hydrogen-bond acceptors (Lipinski definition) is 5. The molecule has 0 heterocycles. The van der Waals surface area contributed by atoms with Crippen molar-refractivity contribution < 1.29 is 19.1 Å². The number of carbonyl (C=O) groups is 2. The molecule has 0 aliphatic heterocycles. The van der Waals surface area contributed by atoms with Crippen LogP contribution in [0.4, 0.5) is 0 Å². The molecular formula is C19H29NO4. The average molecular weight is 335 g/mol. The molecule has 0 N–H and O–H groups in total. The van der Waals surface area contributed by atoms with Crippen molar-refractivity contribution in [1.82, 2.24) is 0 Å². The lowest BCUT2D eigenvalue weighted by atomic mass is 9.58. The Morgan fingerprint density at radius 2 is 1.46 bits per heavy atom. The Kier molecular flexibility index (Phi) is 6.65. The Hall–Kier alpha value is -1.57. The fraction of sp³-hybridized carbons (Fsp3) is 0.842. The van der Waals surface area contributed by atoms with Gasteiger partial charge >= 0.3 is 11.9 Å². The molecule has 0 bridgehead atoms. The van der Waals surface area contributed by atoms with E-state index in [9.17, 15) is 14.9 Å². The van der Waals surface area contributed by atoms with E-state index in [1.165, 1.54) is 0 Å². The van der Waals surface area contributed by atoms with E-state index in [4.69, 9.17) is 9.47 Å². The summed E-state index contributed by atoms with van der Waals surface area (Å²) in [5.41, 5.74) is -1.04. The number of nitrogens with zero attached hydrogens (tertiary/aromatic N) is 1. The van der Waals surface area contributed by atoms with Gasteiger partial charge in [-0.15, -0.1) is 0 Å². The van der Waals surface area contributed by atoms with Crippen LogP contribution in [0, 0.1) is 34.5 Å². The number of nitriles is 1. The average Bonchev–Trinajstić information content (AvgIpc) is 3.26. The van der Waals surface area contributed by atoms with Gasteiger partial charge in [-0.1, -0.05) is 25.7 Å². The third-order valence-corrected chi connectivity index (χ3v) is 5.82. The van der Waals surface area contributed by atoms with E-state index in [0.29, 0.717) is 0 Å². The van der Waals surface area contributed by atoms with Crippen molar-refractivity contribution in [3.63, 3.8) is 0 Å².